The van der Waals surface area contributed by atoms with E-state index in [4.69, 9.17) is 11.6 Å². The summed E-state index contributed by atoms with van der Waals surface area (Å²) >= 11 is 6.20. The number of amides is 2. The number of hydrogen-bond donors (Lipinski definition) is 1. The Morgan fingerprint density at radius 2 is 1.62 bits per heavy atom. The van der Waals surface area contributed by atoms with Crippen LogP contribution in [0.2, 0.25) is 5.02 Å². The fraction of sp³-hybridized carbons (Fsp3) is 0.333. The van der Waals surface area contributed by atoms with Gasteiger partial charge in [0.25, 0.3) is 0 Å². The Morgan fingerprint density at radius 1 is 0.949 bits per heavy atom. The van der Waals surface area contributed by atoms with E-state index in [0.717, 1.165) is 33.7 Å². The van der Waals surface area contributed by atoms with Gasteiger partial charge < -0.3 is 10.2 Å². The maximum Gasteiger partial charge on any atom is 0.244 e. The molecule has 0 unspecified atom stereocenters. The zero-order chi connectivity index (χ0) is 28.6. The number of benzene rings is 3. The number of anilines is 1. The van der Waals surface area contributed by atoms with Crippen LogP contribution in [0.25, 0.3) is 0 Å². The highest BCUT2D eigenvalue weighted by Crippen LogP contribution is 2.27. The van der Waals surface area contributed by atoms with Crippen molar-refractivity contribution < 1.29 is 18.0 Å². The summed E-state index contributed by atoms with van der Waals surface area (Å²) in [7, 11) is -3.86. The van der Waals surface area contributed by atoms with E-state index in [0.29, 0.717) is 22.8 Å². The van der Waals surface area contributed by atoms with E-state index in [2.05, 4.69) is 5.32 Å². The molecule has 1 N–H and O–H groups in total. The number of halogens is 1. The summed E-state index contributed by atoms with van der Waals surface area (Å²) in [6, 6.07) is 21.2. The second-order valence-corrected chi connectivity index (χ2v) is 12.0. The van der Waals surface area contributed by atoms with E-state index in [-0.39, 0.29) is 18.9 Å². The molecule has 1 atom stereocenters. The Kier molecular flexibility index (Phi) is 10.5. The van der Waals surface area contributed by atoms with Crippen LogP contribution in [0, 0.1) is 13.8 Å². The van der Waals surface area contributed by atoms with Gasteiger partial charge in [-0.15, -0.1) is 0 Å². The molecule has 9 heteroatoms. The largest absolute Gasteiger partial charge is 0.354 e. The molecular weight excluding hydrogens is 534 g/mol. The monoisotopic (exact) mass is 569 g/mol. The molecule has 0 aliphatic rings. The summed E-state index contributed by atoms with van der Waals surface area (Å²) < 4.78 is 26.9. The van der Waals surface area contributed by atoms with E-state index < -0.39 is 28.5 Å². The standard InChI is InChI=1S/C30H36ClN3O4S/c1-5-17-32-30(36)28(18-24-12-7-6-8-13-24)33(20-25-14-10-9-11-22(25)2)29(35)21-34(39(4,37)38)27-19-26(31)16-15-23(27)3/h6-16,19,28H,5,17-18,20-21H2,1-4H3,(H,32,36)/t28-/m1/s1. The van der Waals surface area contributed by atoms with Gasteiger partial charge in [0.05, 0.1) is 11.9 Å². The van der Waals surface area contributed by atoms with Crippen LogP contribution in [0.4, 0.5) is 5.69 Å². The SMILES string of the molecule is CCCNC(=O)[C@@H](Cc1ccccc1)N(Cc1ccccc1C)C(=O)CN(c1cc(Cl)ccc1C)S(C)(=O)=O. The van der Waals surface area contributed by atoms with Gasteiger partial charge in [-0.25, -0.2) is 8.42 Å². The molecule has 0 aliphatic heterocycles. The van der Waals surface area contributed by atoms with Crippen LogP contribution in [0.1, 0.15) is 35.6 Å². The topological polar surface area (TPSA) is 86.8 Å². The van der Waals surface area contributed by atoms with Crippen molar-refractivity contribution in [2.24, 2.45) is 0 Å². The molecule has 0 aliphatic carbocycles. The number of rotatable bonds is 12. The Balaban J connectivity index is 2.08. The number of sulfonamides is 1. The minimum absolute atomic E-state index is 0.148. The van der Waals surface area contributed by atoms with Crippen molar-refractivity contribution in [1.29, 1.82) is 0 Å². The fourth-order valence-electron chi connectivity index (χ4n) is 4.34. The first-order chi connectivity index (χ1) is 18.5. The normalized spacial score (nSPS) is 12.0. The number of carbonyl (C=O) groups is 2. The minimum atomic E-state index is -3.86. The van der Waals surface area contributed by atoms with Crippen LogP contribution in [-0.4, -0.2) is 50.5 Å². The van der Waals surface area contributed by atoms with Crippen LogP contribution in [0.3, 0.4) is 0 Å². The van der Waals surface area contributed by atoms with Gasteiger partial charge in [0.15, 0.2) is 0 Å². The highest BCUT2D eigenvalue weighted by atomic mass is 35.5. The van der Waals surface area contributed by atoms with Gasteiger partial charge in [0.2, 0.25) is 21.8 Å². The molecule has 0 heterocycles. The summed E-state index contributed by atoms with van der Waals surface area (Å²) in [4.78, 5) is 29.1. The van der Waals surface area contributed by atoms with Gasteiger partial charge in [-0.1, -0.05) is 79.2 Å². The van der Waals surface area contributed by atoms with Crippen molar-refractivity contribution in [2.45, 2.75) is 46.2 Å². The third-order valence-electron chi connectivity index (χ3n) is 6.54. The molecule has 208 valence electrons. The predicted octanol–water partition coefficient (Wildman–Crippen LogP) is 4.89. The minimum Gasteiger partial charge on any atom is -0.354 e. The van der Waals surface area contributed by atoms with Crippen molar-refractivity contribution in [2.75, 3.05) is 23.7 Å². The lowest BCUT2D eigenvalue weighted by molar-refractivity contribution is -0.140. The lowest BCUT2D eigenvalue weighted by Gasteiger charge is -2.34. The molecule has 3 aromatic rings. The second kappa shape index (κ2) is 13.6. The lowest BCUT2D eigenvalue weighted by Crippen LogP contribution is -2.53. The van der Waals surface area contributed by atoms with Gasteiger partial charge >= 0.3 is 0 Å². The van der Waals surface area contributed by atoms with Crippen molar-refractivity contribution in [3.8, 4) is 0 Å². The molecule has 0 bridgehead atoms. The number of nitrogens with zero attached hydrogens (tertiary/aromatic N) is 2. The Hall–Kier alpha value is -3.36. The summed E-state index contributed by atoms with van der Waals surface area (Å²) in [5.74, 6) is -0.775. The van der Waals surface area contributed by atoms with Crippen molar-refractivity contribution in [3.63, 3.8) is 0 Å². The maximum atomic E-state index is 14.1. The molecule has 3 rings (SSSR count). The highest BCUT2D eigenvalue weighted by Gasteiger charge is 2.33. The second-order valence-electron chi connectivity index (χ2n) is 9.65. The van der Waals surface area contributed by atoms with Crippen LogP contribution >= 0.6 is 11.6 Å². The van der Waals surface area contributed by atoms with Gasteiger partial charge in [0.1, 0.15) is 12.6 Å². The molecule has 2 amide bonds. The molecule has 3 aromatic carbocycles. The average Bonchev–Trinajstić information content (AvgIpc) is 2.90. The molecule has 7 nitrogen and oxygen atoms in total. The number of hydrogen-bond acceptors (Lipinski definition) is 4. The summed E-state index contributed by atoms with van der Waals surface area (Å²) in [5, 5.41) is 3.29. The number of aryl methyl sites for hydroxylation is 2. The molecular formula is C30H36ClN3O4S. The maximum absolute atomic E-state index is 14.1. The number of carbonyl (C=O) groups excluding carboxylic acids is 2. The van der Waals surface area contributed by atoms with E-state index in [1.165, 1.54) is 11.0 Å². The molecule has 0 saturated carbocycles. The first-order valence-corrected chi connectivity index (χ1v) is 15.1. The van der Waals surface area contributed by atoms with Crippen LogP contribution in [0.5, 0.6) is 0 Å². The Morgan fingerprint density at radius 3 is 2.26 bits per heavy atom. The van der Waals surface area contributed by atoms with Gasteiger partial charge in [-0.2, -0.15) is 0 Å². The lowest BCUT2D eigenvalue weighted by atomic mass is 10.0. The average molecular weight is 570 g/mol. The first kappa shape index (κ1) is 30.2. The third-order valence-corrected chi connectivity index (χ3v) is 7.90. The van der Waals surface area contributed by atoms with Crippen molar-refractivity contribution in [3.05, 3.63) is 100 Å². The zero-order valence-corrected chi connectivity index (χ0v) is 24.4. The molecule has 0 saturated heterocycles. The first-order valence-electron chi connectivity index (χ1n) is 12.9. The fourth-order valence-corrected chi connectivity index (χ4v) is 5.40. The van der Waals surface area contributed by atoms with E-state index in [1.54, 1.807) is 19.1 Å². The van der Waals surface area contributed by atoms with Gasteiger partial charge in [0, 0.05) is 24.5 Å². The van der Waals surface area contributed by atoms with Gasteiger partial charge in [-0.3, -0.25) is 13.9 Å². The van der Waals surface area contributed by atoms with Crippen molar-refractivity contribution >= 4 is 39.1 Å². The summed E-state index contributed by atoms with van der Waals surface area (Å²) in [6.45, 7) is 5.80. The van der Waals surface area contributed by atoms with E-state index >= 15 is 0 Å². The molecule has 0 spiro atoms. The molecule has 39 heavy (non-hydrogen) atoms. The number of nitrogens with one attached hydrogen (secondary N) is 1. The van der Waals surface area contributed by atoms with Crippen LogP contribution in [0.15, 0.2) is 72.8 Å². The van der Waals surface area contributed by atoms with Crippen LogP contribution < -0.4 is 9.62 Å². The molecule has 0 aromatic heterocycles. The highest BCUT2D eigenvalue weighted by molar-refractivity contribution is 7.92. The molecule has 0 fully saturated rings. The Bertz CT molecular complexity index is 1400. The van der Waals surface area contributed by atoms with E-state index in [9.17, 15) is 18.0 Å². The summed E-state index contributed by atoms with van der Waals surface area (Å²) in [6.07, 6.45) is 2.08. The van der Waals surface area contributed by atoms with Gasteiger partial charge in [-0.05, 0) is 54.7 Å². The van der Waals surface area contributed by atoms with E-state index in [1.807, 2.05) is 68.4 Å². The van der Waals surface area contributed by atoms with Crippen LogP contribution in [-0.2, 0) is 32.6 Å². The smallest absolute Gasteiger partial charge is 0.244 e. The predicted molar refractivity (Wildman–Crippen MR) is 157 cm³/mol. The zero-order valence-electron chi connectivity index (χ0n) is 22.9. The Labute approximate surface area is 236 Å². The van der Waals surface area contributed by atoms with Crippen molar-refractivity contribution in [1.82, 2.24) is 10.2 Å². The summed E-state index contributed by atoms with van der Waals surface area (Å²) in [5.41, 5.74) is 3.71. The molecule has 0 radical (unpaired) electrons. The quantitative estimate of drug-likeness (QED) is 0.336. The third kappa shape index (κ3) is 8.31.